The Labute approximate surface area is 156 Å². The fourth-order valence-electron chi connectivity index (χ4n) is 2.58. The summed E-state index contributed by atoms with van der Waals surface area (Å²) in [7, 11) is 1.66. The Bertz CT molecular complexity index is 977. The highest BCUT2D eigenvalue weighted by Gasteiger charge is 2.01. The van der Waals surface area contributed by atoms with Gasteiger partial charge >= 0.3 is 0 Å². The summed E-state index contributed by atoms with van der Waals surface area (Å²) in [4.78, 5) is 13.9. The Morgan fingerprint density at radius 1 is 1.04 bits per heavy atom. The predicted molar refractivity (Wildman–Crippen MR) is 104 cm³/mol. The molecule has 0 amide bonds. The lowest BCUT2D eigenvalue weighted by Gasteiger charge is -2.10. The molecule has 1 heterocycles. The molecule has 1 aromatic heterocycles. The van der Waals surface area contributed by atoms with Gasteiger partial charge in [-0.2, -0.15) is 0 Å². The number of methoxy groups -OCH3 is 1. The first-order valence-electron chi connectivity index (χ1n) is 8.28. The maximum atomic E-state index is 11.3. The Morgan fingerprint density at radius 2 is 1.85 bits per heavy atom. The lowest BCUT2D eigenvalue weighted by Crippen LogP contribution is -2.11. The molecule has 0 atom stereocenters. The minimum atomic E-state index is -0.193. The SMILES string of the molecule is COc1ccc(CCOc2cccc(Cn3ccc(=O)[nH]c3=S)c2)cc1. The fraction of sp³-hybridized carbons (Fsp3) is 0.200. The molecule has 6 heteroatoms. The number of benzene rings is 2. The van der Waals surface area contributed by atoms with Crippen molar-refractivity contribution < 1.29 is 9.47 Å². The molecular weight excluding hydrogens is 348 g/mol. The second-order valence-electron chi connectivity index (χ2n) is 5.83. The highest BCUT2D eigenvalue weighted by atomic mass is 32.1. The van der Waals surface area contributed by atoms with E-state index in [0.29, 0.717) is 17.9 Å². The topological polar surface area (TPSA) is 56.2 Å². The van der Waals surface area contributed by atoms with Gasteiger partial charge in [0.1, 0.15) is 11.5 Å². The van der Waals surface area contributed by atoms with Crippen LogP contribution < -0.4 is 15.0 Å². The van der Waals surface area contributed by atoms with E-state index in [9.17, 15) is 4.79 Å². The summed E-state index contributed by atoms with van der Waals surface area (Å²) >= 11 is 5.18. The summed E-state index contributed by atoms with van der Waals surface area (Å²) in [6.45, 7) is 1.17. The quantitative estimate of drug-likeness (QED) is 0.648. The number of nitrogens with zero attached hydrogens (tertiary/aromatic N) is 1. The summed E-state index contributed by atoms with van der Waals surface area (Å²) in [6.07, 6.45) is 2.51. The normalized spacial score (nSPS) is 10.5. The van der Waals surface area contributed by atoms with E-state index >= 15 is 0 Å². The van der Waals surface area contributed by atoms with Crippen LogP contribution in [0.5, 0.6) is 11.5 Å². The molecule has 0 radical (unpaired) electrons. The highest BCUT2D eigenvalue weighted by Crippen LogP contribution is 2.16. The molecule has 3 rings (SSSR count). The van der Waals surface area contributed by atoms with Crippen molar-refractivity contribution in [2.75, 3.05) is 13.7 Å². The Kier molecular flexibility index (Phi) is 5.86. The van der Waals surface area contributed by atoms with Crippen molar-refractivity contribution >= 4 is 12.2 Å². The zero-order chi connectivity index (χ0) is 18.4. The van der Waals surface area contributed by atoms with Gasteiger partial charge in [-0.1, -0.05) is 24.3 Å². The second kappa shape index (κ2) is 8.49. The largest absolute Gasteiger partial charge is 0.497 e. The van der Waals surface area contributed by atoms with Crippen LogP contribution in [-0.4, -0.2) is 23.3 Å². The first-order chi connectivity index (χ1) is 12.6. The number of nitrogens with one attached hydrogen (secondary N) is 1. The molecule has 0 aliphatic heterocycles. The highest BCUT2D eigenvalue weighted by molar-refractivity contribution is 7.71. The van der Waals surface area contributed by atoms with E-state index < -0.39 is 0 Å². The fourth-order valence-corrected chi connectivity index (χ4v) is 2.80. The van der Waals surface area contributed by atoms with Crippen LogP contribution in [0.2, 0.25) is 0 Å². The molecule has 0 aliphatic carbocycles. The standard InChI is InChI=1S/C20H20N2O3S/c1-24-17-7-5-15(6-8-17)10-12-25-18-4-2-3-16(13-18)14-22-11-9-19(23)21-20(22)26/h2-9,11,13H,10,12,14H2,1H3,(H,21,23,26). The van der Waals surface area contributed by atoms with Crippen molar-refractivity contribution in [3.63, 3.8) is 0 Å². The van der Waals surface area contributed by atoms with Crippen LogP contribution in [0.15, 0.2) is 65.6 Å². The van der Waals surface area contributed by atoms with Crippen LogP contribution in [0.1, 0.15) is 11.1 Å². The van der Waals surface area contributed by atoms with Crippen molar-refractivity contribution in [1.82, 2.24) is 9.55 Å². The van der Waals surface area contributed by atoms with Crippen LogP contribution in [-0.2, 0) is 13.0 Å². The van der Waals surface area contributed by atoms with Crippen LogP contribution in [0.4, 0.5) is 0 Å². The summed E-state index contributed by atoms with van der Waals surface area (Å²) in [5.41, 5.74) is 2.05. The van der Waals surface area contributed by atoms with E-state index in [-0.39, 0.29) is 5.56 Å². The lowest BCUT2D eigenvalue weighted by molar-refractivity contribution is 0.321. The summed E-state index contributed by atoms with van der Waals surface area (Å²) in [6, 6.07) is 17.3. The lowest BCUT2D eigenvalue weighted by atomic mass is 10.1. The minimum Gasteiger partial charge on any atom is -0.497 e. The molecule has 2 aromatic carbocycles. The van der Waals surface area contributed by atoms with Gasteiger partial charge in [-0.3, -0.25) is 9.78 Å². The maximum absolute atomic E-state index is 11.3. The minimum absolute atomic E-state index is 0.193. The molecule has 0 bridgehead atoms. The van der Waals surface area contributed by atoms with E-state index in [1.807, 2.05) is 53.1 Å². The van der Waals surface area contributed by atoms with Crippen molar-refractivity contribution in [2.45, 2.75) is 13.0 Å². The predicted octanol–water partition coefficient (Wildman–Crippen LogP) is 3.58. The average Bonchev–Trinajstić information content (AvgIpc) is 2.65. The van der Waals surface area contributed by atoms with Gasteiger partial charge in [-0.15, -0.1) is 0 Å². The molecule has 0 spiro atoms. The first kappa shape index (κ1) is 17.9. The number of ether oxygens (including phenoxy) is 2. The zero-order valence-corrected chi connectivity index (χ0v) is 15.3. The van der Waals surface area contributed by atoms with Gasteiger partial charge in [0.05, 0.1) is 13.7 Å². The van der Waals surface area contributed by atoms with Crippen molar-refractivity contribution in [2.24, 2.45) is 0 Å². The second-order valence-corrected chi connectivity index (χ2v) is 6.22. The van der Waals surface area contributed by atoms with Gasteiger partial charge < -0.3 is 14.0 Å². The van der Waals surface area contributed by atoms with E-state index in [1.54, 1.807) is 13.3 Å². The third-order valence-corrected chi connectivity index (χ3v) is 4.30. The van der Waals surface area contributed by atoms with Gasteiger partial charge in [-0.05, 0) is 47.6 Å². The number of H-pyrrole nitrogens is 1. The third-order valence-electron chi connectivity index (χ3n) is 3.97. The average molecular weight is 368 g/mol. The van der Waals surface area contributed by atoms with E-state index in [2.05, 4.69) is 4.98 Å². The Balaban J connectivity index is 1.60. The summed E-state index contributed by atoms with van der Waals surface area (Å²) in [5.74, 6) is 1.66. The van der Waals surface area contributed by atoms with E-state index in [1.165, 1.54) is 11.6 Å². The smallest absolute Gasteiger partial charge is 0.251 e. The van der Waals surface area contributed by atoms with Crippen LogP contribution >= 0.6 is 12.2 Å². The Hall–Kier alpha value is -2.86. The van der Waals surface area contributed by atoms with Gasteiger partial charge in [0, 0.05) is 25.2 Å². The molecule has 5 nitrogen and oxygen atoms in total. The van der Waals surface area contributed by atoms with Crippen LogP contribution in [0, 0.1) is 4.77 Å². The number of hydrogen-bond acceptors (Lipinski definition) is 4. The van der Waals surface area contributed by atoms with Gasteiger partial charge in [-0.25, -0.2) is 0 Å². The van der Waals surface area contributed by atoms with Gasteiger partial charge in [0.2, 0.25) is 0 Å². The molecule has 0 saturated carbocycles. The molecule has 134 valence electrons. The maximum Gasteiger partial charge on any atom is 0.251 e. The number of aromatic nitrogens is 2. The Morgan fingerprint density at radius 3 is 2.58 bits per heavy atom. The molecule has 26 heavy (non-hydrogen) atoms. The molecule has 0 saturated heterocycles. The van der Waals surface area contributed by atoms with Crippen molar-refractivity contribution in [3.05, 3.63) is 87.0 Å². The van der Waals surface area contributed by atoms with Gasteiger partial charge in [0.25, 0.3) is 5.56 Å². The summed E-state index contributed by atoms with van der Waals surface area (Å²) < 4.78 is 13.2. The monoisotopic (exact) mass is 368 g/mol. The number of aromatic amines is 1. The number of rotatable bonds is 7. The molecule has 0 fully saturated rings. The third kappa shape index (κ3) is 4.83. The molecular formula is C20H20N2O3S. The van der Waals surface area contributed by atoms with Crippen molar-refractivity contribution in [3.8, 4) is 11.5 Å². The molecule has 0 aliphatic rings. The van der Waals surface area contributed by atoms with Crippen LogP contribution in [0.3, 0.4) is 0 Å². The molecule has 1 N–H and O–H groups in total. The van der Waals surface area contributed by atoms with E-state index in [4.69, 9.17) is 21.7 Å². The van der Waals surface area contributed by atoms with Crippen LogP contribution in [0.25, 0.3) is 0 Å². The van der Waals surface area contributed by atoms with Gasteiger partial charge in [0.15, 0.2) is 4.77 Å². The number of hydrogen-bond donors (Lipinski definition) is 1. The molecule has 3 aromatic rings. The van der Waals surface area contributed by atoms with E-state index in [0.717, 1.165) is 23.5 Å². The molecule has 0 unspecified atom stereocenters. The van der Waals surface area contributed by atoms with Crippen molar-refractivity contribution in [1.29, 1.82) is 0 Å². The zero-order valence-electron chi connectivity index (χ0n) is 14.5. The summed E-state index contributed by atoms with van der Waals surface area (Å²) in [5, 5.41) is 0. The first-order valence-corrected chi connectivity index (χ1v) is 8.69.